The van der Waals surface area contributed by atoms with Gasteiger partial charge in [-0.05, 0) is 56.5 Å². The molecule has 0 radical (unpaired) electrons. The number of halogens is 1. The highest BCUT2D eigenvalue weighted by atomic mass is 127. The summed E-state index contributed by atoms with van der Waals surface area (Å²) in [7, 11) is 7.48. The van der Waals surface area contributed by atoms with Gasteiger partial charge in [0, 0.05) is 39.9 Å². The number of nitrogens with zero attached hydrogens (tertiary/aromatic N) is 2. The fraction of sp³-hybridized carbons (Fsp3) is 0.650. The van der Waals surface area contributed by atoms with Crippen molar-refractivity contribution in [1.82, 2.24) is 15.5 Å². The lowest BCUT2D eigenvalue weighted by Gasteiger charge is -2.40. The van der Waals surface area contributed by atoms with Gasteiger partial charge < -0.3 is 20.1 Å². The van der Waals surface area contributed by atoms with Crippen LogP contribution in [-0.2, 0) is 4.74 Å². The molecule has 1 aromatic carbocycles. The normalized spacial score (nSPS) is 20.7. The van der Waals surface area contributed by atoms with E-state index < -0.39 is 0 Å². The predicted molar refractivity (Wildman–Crippen MR) is 122 cm³/mol. The summed E-state index contributed by atoms with van der Waals surface area (Å²) in [5, 5.41) is 6.86. The minimum Gasteiger partial charge on any atom is -0.497 e. The lowest BCUT2D eigenvalue weighted by atomic mass is 9.85. The quantitative estimate of drug-likeness (QED) is 0.254. The van der Waals surface area contributed by atoms with Crippen molar-refractivity contribution in [2.24, 2.45) is 10.9 Å². The maximum Gasteiger partial charge on any atom is 0.190 e. The Labute approximate surface area is 181 Å². The number of hydrogen-bond donors (Lipinski definition) is 2. The molecular formula is C20H35IN4O2. The van der Waals surface area contributed by atoms with Crippen LogP contribution >= 0.6 is 24.0 Å². The molecule has 0 saturated carbocycles. The number of rotatable bonds is 8. The number of piperidine rings is 1. The van der Waals surface area contributed by atoms with E-state index in [1.165, 1.54) is 18.4 Å². The topological polar surface area (TPSA) is 58.1 Å². The molecule has 2 atom stereocenters. The summed E-state index contributed by atoms with van der Waals surface area (Å²) in [6.07, 6.45) is 3.42. The fourth-order valence-corrected chi connectivity index (χ4v) is 3.67. The monoisotopic (exact) mass is 490 g/mol. The minimum absolute atomic E-state index is 0. The molecular weight excluding hydrogens is 455 g/mol. The summed E-state index contributed by atoms with van der Waals surface area (Å²) in [6.45, 7) is 3.67. The molecule has 0 aromatic heterocycles. The average molecular weight is 490 g/mol. The molecule has 1 fully saturated rings. The second-order valence-electron chi connectivity index (χ2n) is 6.83. The van der Waals surface area contributed by atoms with E-state index in [1.807, 2.05) is 7.05 Å². The van der Waals surface area contributed by atoms with E-state index in [1.54, 1.807) is 14.2 Å². The van der Waals surface area contributed by atoms with Crippen LogP contribution in [0.3, 0.4) is 0 Å². The summed E-state index contributed by atoms with van der Waals surface area (Å²) in [5.41, 5.74) is 1.35. The molecule has 0 aliphatic carbocycles. The van der Waals surface area contributed by atoms with E-state index in [2.05, 4.69) is 51.8 Å². The summed E-state index contributed by atoms with van der Waals surface area (Å²) in [5.74, 6) is 2.31. The van der Waals surface area contributed by atoms with Crippen molar-refractivity contribution in [3.8, 4) is 5.75 Å². The molecule has 0 bridgehead atoms. The molecule has 0 amide bonds. The van der Waals surface area contributed by atoms with Gasteiger partial charge in [-0.3, -0.25) is 9.89 Å². The van der Waals surface area contributed by atoms with Gasteiger partial charge >= 0.3 is 0 Å². The Morgan fingerprint density at radius 3 is 2.59 bits per heavy atom. The van der Waals surface area contributed by atoms with Crippen LogP contribution in [0.5, 0.6) is 5.75 Å². The van der Waals surface area contributed by atoms with Gasteiger partial charge in [0.05, 0.1) is 7.11 Å². The van der Waals surface area contributed by atoms with Gasteiger partial charge in [0.25, 0.3) is 0 Å². The second kappa shape index (κ2) is 13.2. The summed E-state index contributed by atoms with van der Waals surface area (Å²) >= 11 is 0. The molecule has 2 unspecified atom stereocenters. The molecule has 0 spiro atoms. The van der Waals surface area contributed by atoms with Crippen LogP contribution in [-0.4, -0.2) is 65.4 Å². The van der Waals surface area contributed by atoms with Crippen LogP contribution in [0, 0.1) is 5.92 Å². The van der Waals surface area contributed by atoms with Gasteiger partial charge in [-0.25, -0.2) is 0 Å². The summed E-state index contributed by atoms with van der Waals surface area (Å²) < 4.78 is 10.4. The van der Waals surface area contributed by atoms with Gasteiger partial charge in [-0.15, -0.1) is 24.0 Å². The zero-order valence-electron chi connectivity index (χ0n) is 17.0. The molecule has 1 heterocycles. The van der Waals surface area contributed by atoms with Crippen molar-refractivity contribution in [2.75, 3.05) is 54.6 Å². The van der Waals surface area contributed by atoms with Crippen LogP contribution < -0.4 is 15.4 Å². The Balaban J connectivity index is 0.00000364. The third kappa shape index (κ3) is 7.46. The maximum atomic E-state index is 5.30. The number of ether oxygens (including phenoxy) is 2. The van der Waals surface area contributed by atoms with Gasteiger partial charge in [0.2, 0.25) is 0 Å². The predicted octanol–water partition coefficient (Wildman–Crippen LogP) is 2.90. The molecule has 1 aliphatic rings. The Morgan fingerprint density at radius 1 is 1.22 bits per heavy atom. The zero-order chi connectivity index (χ0) is 18.8. The first kappa shape index (κ1) is 24.0. The van der Waals surface area contributed by atoms with Crippen molar-refractivity contribution in [3.63, 3.8) is 0 Å². The molecule has 7 heteroatoms. The van der Waals surface area contributed by atoms with Crippen LogP contribution in [0.25, 0.3) is 0 Å². The molecule has 154 valence electrons. The number of hydrogen-bond acceptors (Lipinski definition) is 4. The Bertz CT molecular complexity index is 553. The standard InChI is InChI=1S/C20H34N4O2.HI/c1-21-20(22-12-6-14-25-3)23-15-17-7-5-13-24(2)19(17)16-8-10-18(26-4)11-9-16;/h8-11,17,19H,5-7,12-15H2,1-4H3,(H2,21,22,23);1H. The fourth-order valence-electron chi connectivity index (χ4n) is 3.67. The molecule has 2 rings (SSSR count). The molecule has 2 N–H and O–H groups in total. The first-order valence-electron chi connectivity index (χ1n) is 9.47. The summed E-state index contributed by atoms with van der Waals surface area (Å²) in [6, 6.07) is 8.90. The maximum absolute atomic E-state index is 5.30. The lowest BCUT2D eigenvalue weighted by molar-refractivity contribution is 0.122. The highest BCUT2D eigenvalue weighted by Crippen LogP contribution is 2.35. The van der Waals surface area contributed by atoms with Gasteiger partial charge in [-0.1, -0.05) is 12.1 Å². The van der Waals surface area contributed by atoms with E-state index in [9.17, 15) is 0 Å². The van der Waals surface area contributed by atoms with Crippen molar-refractivity contribution in [2.45, 2.75) is 25.3 Å². The third-order valence-corrected chi connectivity index (χ3v) is 5.04. The Hall–Kier alpha value is -1.06. The Kier molecular flexibility index (Phi) is 11.7. The number of nitrogens with one attached hydrogen (secondary N) is 2. The van der Waals surface area contributed by atoms with Crippen molar-refractivity contribution in [3.05, 3.63) is 29.8 Å². The first-order chi connectivity index (χ1) is 12.7. The lowest BCUT2D eigenvalue weighted by Crippen LogP contribution is -2.45. The van der Waals surface area contributed by atoms with Crippen LogP contribution in [0.15, 0.2) is 29.3 Å². The van der Waals surface area contributed by atoms with Crippen molar-refractivity contribution >= 4 is 29.9 Å². The number of aliphatic imine (C=N–C) groups is 1. The van der Waals surface area contributed by atoms with Crippen molar-refractivity contribution < 1.29 is 9.47 Å². The van der Waals surface area contributed by atoms with Crippen LogP contribution in [0.2, 0.25) is 0 Å². The van der Waals surface area contributed by atoms with E-state index in [-0.39, 0.29) is 24.0 Å². The minimum atomic E-state index is 0. The largest absolute Gasteiger partial charge is 0.497 e. The van der Waals surface area contributed by atoms with Crippen molar-refractivity contribution in [1.29, 1.82) is 0 Å². The molecule has 1 saturated heterocycles. The highest BCUT2D eigenvalue weighted by Gasteiger charge is 2.30. The van der Waals surface area contributed by atoms with E-state index in [0.717, 1.165) is 44.4 Å². The number of guanidine groups is 1. The third-order valence-electron chi connectivity index (χ3n) is 5.04. The zero-order valence-corrected chi connectivity index (χ0v) is 19.4. The SMILES string of the molecule is CN=C(NCCCOC)NCC1CCCN(C)C1c1ccc(OC)cc1.I. The van der Waals surface area contributed by atoms with E-state index in [4.69, 9.17) is 9.47 Å². The van der Waals surface area contributed by atoms with Gasteiger partial charge in [-0.2, -0.15) is 0 Å². The number of methoxy groups -OCH3 is 2. The van der Waals surface area contributed by atoms with Crippen LogP contribution in [0.4, 0.5) is 0 Å². The van der Waals surface area contributed by atoms with Gasteiger partial charge in [0.1, 0.15) is 5.75 Å². The second-order valence-corrected chi connectivity index (χ2v) is 6.83. The molecule has 27 heavy (non-hydrogen) atoms. The van der Waals surface area contributed by atoms with Crippen LogP contribution in [0.1, 0.15) is 30.9 Å². The van der Waals surface area contributed by atoms with E-state index in [0.29, 0.717) is 12.0 Å². The van der Waals surface area contributed by atoms with Gasteiger partial charge in [0.15, 0.2) is 5.96 Å². The van der Waals surface area contributed by atoms with E-state index >= 15 is 0 Å². The molecule has 6 nitrogen and oxygen atoms in total. The molecule has 1 aromatic rings. The molecule has 1 aliphatic heterocycles. The number of likely N-dealkylation sites (tertiary alicyclic amines) is 1. The highest BCUT2D eigenvalue weighted by molar-refractivity contribution is 14.0. The summed E-state index contributed by atoms with van der Waals surface area (Å²) in [4.78, 5) is 6.80. The first-order valence-corrected chi connectivity index (χ1v) is 9.47. The average Bonchev–Trinajstić information content (AvgIpc) is 2.67. The Morgan fingerprint density at radius 2 is 1.96 bits per heavy atom. The smallest absolute Gasteiger partial charge is 0.190 e. The number of benzene rings is 1.